The molecule has 108 valence electrons. The molecule has 3 nitrogen and oxygen atoms in total. The molecule has 0 saturated heterocycles. The molecule has 0 amide bonds. The normalized spacial score (nSPS) is 10.8. The number of aryl methyl sites for hydroxylation is 3. The maximum atomic E-state index is 5.83. The van der Waals surface area contributed by atoms with Crippen molar-refractivity contribution in [2.75, 3.05) is 6.54 Å². The maximum Gasteiger partial charge on any atom is 0.140 e. The van der Waals surface area contributed by atoms with Gasteiger partial charge in [-0.15, -0.1) is 11.3 Å². The molecule has 0 aliphatic heterocycles. The van der Waals surface area contributed by atoms with Crippen LogP contribution in [0.5, 0.6) is 5.75 Å². The van der Waals surface area contributed by atoms with Gasteiger partial charge in [-0.25, -0.2) is 4.98 Å². The Kier molecular flexibility index (Phi) is 5.15. The van der Waals surface area contributed by atoms with Crippen molar-refractivity contribution in [3.63, 3.8) is 0 Å². The van der Waals surface area contributed by atoms with E-state index in [1.54, 1.807) is 11.3 Å². The zero-order chi connectivity index (χ0) is 14.5. The monoisotopic (exact) mass is 290 g/mol. The predicted octanol–water partition coefficient (Wildman–Crippen LogP) is 3.76. The van der Waals surface area contributed by atoms with E-state index in [0.29, 0.717) is 6.61 Å². The smallest absolute Gasteiger partial charge is 0.140 e. The molecule has 4 heteroatoms. The molecule has 0 bridgehead atoms. The number of thiazole rings is 1. The van der Waals surface area contributed by atoms with Gasteiger partial charge in [0.25, 0.3) is 0 Å². The number of hydrogen-bond acceptors (Lipinski definition) is 4. The van der Waals surface area contributed by atoms with Gasteiger partial charge in [0.15, 0.2) is 0 Å². The second-order valence-corrected chi connectivity index (χ2v) is 6.10. The molecule has 2 rings (SSSR count). The van der Waals surface area contributed by atoms with Crippen molar-refractivity contribution < 1.29 is 4.74 Å². The van der Waals surface area contributed by atoms with Gasteiger partial charge in [-0.3, -0.25) is 0 Å². The molecule has 0 spiro atoms. The number of ether oxygens (including phenoxy) is 1. The Morgan fingerprint density at radius 3 is 2.70 bits per heavy atom. The molecule has 0 aliphatic rings. The van der Waals surface area contributed by atoms with Crippen molar-refractivity contribution >= 4 is 11.3 Å². The van der Waals surface area contributed by atoms with Gasteiger partial charge < -0.3 is 10.1 Å². The average Bonchev–Trinajstić information content (AvgIpc) is 2.78. The molecule has 1 N–H and O–H groups in total. The topological polar surface area (TPSA) is 34.1 Å². The van der Waals surface area contributed by atoms with Crippen molar-refractivity contribution in [3.8, 4) is 5.75 Å². The second-order valence-electron chi connectivity index (χ2n) is 4.93. The van der Waals surface area contributed by atoms with Gasteiger partial charge in [0.1, 0.15) is 17.4 Å². The zero-order valence-corrected chi connectivity index (χ0v) is 13.4. The molecule has 1 aromatic carbocycles. The van der Waals surface area contributed by atoms with E-state index in [0.717, 1.165) is 29.5 Å². The van der Waals surface area contributed by atoms with Crippen LogP contribution in [0.25, 0.3) is 0 Å². The molecule has 2 aromatic rings. The Morgan fingerprint density at radius 1 is 1.20 bits per heavy atom. The van der Waals surface area contributed by atoms with Gasteiger partial charge in [-0.2, -0.15) is 0 Å². The first-order valence-corrected chi connectivity index (χ1v) is 7.77. The number of hydrogen-bond donors (Lipinski definition) is 1. The van der Waals surface area contributed by atoms with Crippen molar-refractivity contribution in [3.05, 3.63) is 44.9 Å². The largest absolute Gasteiger partial charge is 0.486 e. The Bertz CT molecular complexity index is 578. The van der Waals surface area contributed by atoms with E-state index in [9.17, 15) is 0 Å². The van der Waals surface area contributed by atoms with Crippen LogP contribution in [0.1, 0.15) is 33.6 Å². The summed E-state index contributed by atoms with van der Waals surface area (Å²) in [6.07, 6.45) is 0. The molecule has 0 atom stereocenters. The summed E-state index contributed by atoms with van der Waals surface area (Å²) in [6, 6.07) is 6.19. The summed E-state index contributed by atoms with van der Waals surface area (Å²) in [6.45, 7) is 10.8. The summed E-state index contributed by atoms with van der Waals surface area (Å²) in [5.74, 6) is 0.911. The van der Waals surface area contributed by atoms with E-state index < -0.39 is 0 Å². The van der Waals surface area contributed by atoms with Crippen molar-refractivity contribution in [1.29, 1.82) is 0 Å². The van der Waals surface area contributed by atoms with Crippen LogP contribution in [0.3, 0.4) is 0 Å². The highest BCUT2D eigenvalue weighted by Gasteiger charge is 2.08. The third kappa shape index (κ3) is 3.81. The van der Waals surface area contributed by atoms with Gasteiger partial charge in [0.2, 0.25) is 0 Å². The van der Waals surface area contributed by atoms with Crippen LogP contribution in [0.15, 0.2) is 18.2 Å². The third-order valence-corrected chi connectivity index (χ3v) is 4.44. The van der Waals surface area contributed by atoms with Crippen LogP contribution < -0.4 is 10.1 Å². The minimum Gasteiger partial charge on any atom is -0.486 e. The Balaban J connectivity index is 1.98. The fraction of sp³-hybridized carbons (Fsp3) is 0.438. The van der Waals surface area contributed by atoms with Crippen LogP contribution in [-0.4, -0.2) is 11.5 Å². The molecule has 0 unspecified atom stereocenters. The predicted molar refractivity (Wildman–Crippen MR) is 84.5 cm³/mol. The molecule has 1 aromatic heterocycles. The standard InChI is InChI=1S/C16H22N2OS/c1-5-17-9-15-13(4)18-16(20-15)10-19-14-7-6-11(2)12(3)8-14/h6-8,17H,5,9-10H2,1-4H3. The lowest BCUT2D eigenvalue weighted by Crippen LogP contribution is -2.11. The minimum atomic E-state index is 0.542. The van der Waals surface area contributed by atoms with Gasteiger partial charge >= 0.3 is 0 Å². The first-order valence-electron chi connectivity index (χ1n) is 6.96. The molecule has 0 aliphatic carbocycles. The summed E-state index contributed by atoms with van der Waals surface area (Å²) >= 11 is 1.73. The van der Waals surface area contributed by atoms with Gasteiger partial charge in [-0.1, -0.05) is 13.0 Å². The van der Waals surface area contributed by atoms with Crippen molar-refractivity contribution in [2.24, 2.45) is 0 Å². The Labute approximate surface area is 125 Å². The summed E-state index contributed by atoms with van der Waals surface area (Å²) in [5, 5.41) is 4.37. The fourth-order valence-corrected chi connectivity index (χ4v) is 2.85. The van der Waals surface area contributed by atoms with Gasteiger partial charge in [0, 0.05) is 11.4 Å². The zero-order valence-electron chi connectivity index (χ0n) is 12.6. The molecule has 0 fully saturated rings. The summed E-state index contributed by atoms with van der Waals surface area (Å²) in [5.41, 5.74) is 3.65. The summed E-state index contributed by atoms with van der Waals surface area (Å²) in [4.78, 5) is 5.87. The van der Waals surface area contributed by atoms with Crippen LogP contribution in [0.2, 0.25) is 0 Å². The highest BCUT2D eigenvalue weighted by Crippen LogP contribution is 2.21. The lowest BCUT2D eigenvalue weighted by Gasteiger charge is -2.06. The van der Waals surface area contributed by atoms with E-state index in [1.807, 2.05) is 6.07 Å². The van der Waals surface area contributed by atoms with Gasteiger partial charge in [-0.05, 0) is 50.6 Å². The van der Waals surface area contributed by atoms with E-state index in [2.05, 4.69) is 50.1 Å². The highest BCUT2D eigenvalue weighted by atomic mass is 32.1. The van der Waals surface area contributed by atoms with Crippen LogP contribution >= 0.6 is 11.3 Å². The first kappa shape index (κ1) is 15.0. The highest BCUT2D eigenvalue weighted by molar-refractivity contribution is 7.11. The van der Waals surface area contributed by atoms with Crippen LogP contribution in [0.4, 0.5) is 0 Å². The number of benzene rings is 1. The van der Waals surface area contributed by atoms with Crippen molar-refractivity contribution in [2.45, 2.75) is 40.8 Å². The molecule has 20 heavy (non-hydrogen) atoms. The second kappa shape index (κ2) is 6.86. The van der Waals surface area contributed by atoms with E-state index in [1.165, 1.54) is 16.0 Å². The number of nitrogens with zero attached hydrogens (tertiary/aromatic N) is 1. The lowest BCUT2D eigenvalue weighted by molar-refractivity contribution is 0.305. The summed E-state index contributed by atoms with van der Waals surface area (Å²) in [7, 11) is 0. The molecule has 0 radical (unpaired) electrons. The number of aromatic nitrogens is 1. The number of nitrogens with one attached hydrogen (secondary N) is 1. The quantitative estimate of drug-likeness (QED) is 0.879. The molecular formula is C16H22N2OS. The maximum absolute atomic E-state index is 5.83. The molecule has 0 saturated carbocycles. The first-order chi connectivity index (χ1) is 9.60. The molecule has 1 heterocycles. The molecular weight excluding hydrogens is 268 g/mol. The van der Waals surface area contributed by atoms with E-state index in [-0.39, 0.29) is 0 Å². The average molecular weight is 290 g/mol. The van der Waals surface area contributed by atoms with Crippen molar-refractivity contribution in [1.82, 2.24) is 10.3 Å². The van der Waals surface area contributed by atoms with Crippen LogP contribution in [-0.2, 0) is 13.2 Å². The van der Waals surface area contributed by atoms with Crippen LogP contribution in [0, 0.1) is 20.8 Å². The SMILES string of the molecule is CCNCc1sc(COc2ccc(C)c(C)c2)nc1C. The minimum absolute atomic E-state index is 0.542. The lowest BCUT2D eigenvalue weighted by atomic mass is 10.1. The fourth-order valence-electron chi connectivity index (χ4n) is 1.90. The number of rotatable bonds is 6. The third-order valence-electron chi connectivity index (χ3n) is 3.31. The van der Waals surface area contributed by atoms with E-state index >= 15 is 0 Å². The Morgan fingerprint density at radius 2 is 2.00 bits per heavy atom. The van der Waals surface area contributed by atoms with Gasteiger partial charge in [0.05, 0.1) is 5.69 Å². The summed E-state index contributed by atoms with van der Waals surface area (Å²) < 4.78 is 5.83. The Hall–Kier alpha value is -1.39. The van der Waals surface area contributed by atoms with E-state index in [4.69, 9.17) is 4.74 Å².